The first-order chi connectivity index (χ1) is 5.24. The molecule has 0 amide bonds. The highest BCUT2D eigenvalue weighted by molar-refractivity contribution is 5.70. The van der Waals surface area contributed by atoms with E-state index < -0.39 is 5.97 Å². The molecule has 11 heavy (non-hydrogen) atoms. The molecule has 0 saturated heterocycles. The molecule has 64 valence electrons. The smallest absolute Gasteiger partial charge is 0.306 e. The Kier molecular flexibility index (Phi) is 2.88. The monoisotopic (exact) mass is 157 g/mol. The summed E-state index contributed by atoms with van der Waals surface area (Å²) in [7, 11) is 0. The molecule has 1 aliphatic carbocycles. The Balaban J connectivity index is 2.39. The van der Waals surface area contributed by atoms with E-state index in [-0.39, 0.29) is 5.92 Å². The van der Waals surface area contributed by atoms with Crippen molar-refractivity contribution in [1.82, 2.24) is 0 Å². The normalized spacial score (nSPS) is 31.7. The Morgan fingerprint density at radius 3 is 2.82 bits per heavy atom. The molecule has 2 atom stereocenters. The third kappa shape index (κ3) is 2.19. The van der Waals surface area contributed by atoms with E-state index in [9.17, 15) is 4.79 Å². The van der Waals surface area contributed by atoms with Crippen LogP contribution in [0, 0.1) is 11.8 Å². The number of hydrogen-bond acceptors (Lipinski definition) is 2. The van der Waals surface area contributed by atoms with Crippen LogP contribution in [-0.2, 0) is 4.79 Å². The molecule has 2 unspecified atom stereocenters. The van der Waals surface area contributed by atoms with E-state index in [0.29, 0.717) is 12.5 Å². The van der Waals surface area contributed by atoms with E-state index in [1.807, 2.05) is 0 Å². The summed E-state index contributed by atoms with van der Waals surface area (Å²) in [4.78, 5) is 10.6. The average molecular weight is 157 g/mol. The molecular weight excluding hydrogens is 142 g/mol. The minimum atomic E-state index is -0.650. The minimum Gasteiger partial charge on any atom is -0.481 e. The predicted molar refractivity (Wildman–Crippen MR) is 42.1 cm³/mol. The van der Waals surface area contributed by atoms with E-state index in [0.717, 1.165) is 25.7 Å². The molecule has 3 nitrogen and oxygen atoms in total. The van der Waals surface area contributed by atoms with Gasteiger partial charge in [-0.2, -0.15) is 0 Å². The van der Waals surface area contributed by atoms with Gasteiger partial charge in [0, 0.05) is 0 Å². The zero-order valence-electron chi connectivity index (χ0n) is 6.62. The molecular formula is C8H15NO2. The van der Waals surface area contributed by atoms with Crippen molar-refractivity contribution in [1.29, 1.82) is 0 Å². The molecule has 1 rings (SSSR count). The number of carboxylic acid groups (broad SMARTS) is 1. The van der Waals surface area contributed by atoms with Gasteiger partial charge in [0.1, 0.15) is 0 Å². The maximum absolute atomic E-state index is 10.6. The van der Waals surface area contributed by atoms with Crippen LogP contribution in [0.25, 0.3) is 0 Å². The highest BCUT2D eigenvalue weighted by Gasteiger charge is 2.25. The van der Waals surface area contributed by atoms with Crippen molar-refractivity contribution < 1.29 is 9.90 Å². The molecule has 0 heterocycles. The first-order valence-corrected chi connectivity index (χ1v) is 4.17. The number of carbonyl (C=O) groups is 1. The Morgan fingerprint density at radius 1 is 1.55 bits per heavy atom. The summed E-state index contributed by atoms with van der Waals surface area (Å²) in [6.07, 6.45) is 3.76. The third-order valence-electron chi connectivity index (χ3n) is 2.47. The minimum absolute atomic E-state index is 0.128. The highest BCUT2D eigenvalue weighted by Crippen LogP contribution is 2.28. The van der Waals surface area contributed by atoms with Gasteiger partial charge in [-0.3, -0.25) is 4.79 Å². The first kappa shape index (κ1) is 8.53. The summed E-state index contributed by atoms with van der Waals surface area (Å²) >= 11 is 0. The molecule has 3 N–H and O–H groups in total. The quantitative estimate of drug-likeness (QED) is 0.624. The van der Waals surface area contributed by atoms with E-state index in [4.69, 9.17) is 10.8 Å². The van der Waals surface area contributed by atoms with Crippen LogP contribution >= 0.6 is 0 Å². The van der Waals surface area contributed by atoms with Crippen molar-refractivity contribution >= 4 is 5.97 Å². The van der Waals surface area contributed by atoms with Crippen molar-refractivity contribution in [3.63, 3.8) is 0 Å². The molecule has 0 aliphatic heterocycles. The van der Waals surface area contributed by atoms with E-state index in [1.165, 1.54) is 0 Å². The molecule has 1 aliphatic rings. The third-order valence-corrected chi connectivity index (χ3v) is 2.47. The number of hydrogen-bond donors (Lipinski definition) is 2. The van der Waals surface area contributed by atoms with Crippen molar-refractivity contribution in [2.45, 2.75) is 25.7 Å². The standard InChI is InChI=1S/C8H15NO2/c9-5-6-2-1-3-7(4-6)8(10)11/h6-7H,1-5,9H2,(H,10,11). The molecule has 0 bridgehead atoms. The summed E-state index contributed by atoms with van der Waals surface area (Å²) in [5.74, 6) is -0.328. The molecule has 1 fully saturated rings. The summed E-state index contributed by atoms with van der Waals surface area (Å²) in [5, 5.41) is 8.71. The molecule has 0 spiro atoms. The number of aliphatic carboxylic acids is 1. The molecule has 0 aromatic rings. The summed E-state index contributed by atoms with van der Waals surface area (Å²) < 4.78 is 0. The zero-order chi connectivity index (χ0) is 8.27. The van der Waals surface area contributed by atoms with Gasteiger partial charge in [-0.25, -0.2) is 0 Å². The van der Waals surface area contributed by atoms with E-state index in [2.05, 4.69) is 0 Å². The van der Waals surface area contributed by atoms with Crippen LogP contribution in [0.15, 0.2) is 0 Å². The molecule has 0 radical (unpaired) electrons. The van der Waals surface area contributed by atoms with Crippen molar-refractivity contribution in [3.05, 3.63) is 0 Å². The van der Waals surface area contributed by atoms with E-state index in [1.54, 1.807) is 0 Å². The maximum atomic E-state index is 10.6. The lowest BCUT2D eigenvalue weighted by molar-refractivity contribution is -0.143. The fourth-order valence-corrected chi connectivity index (χ4v) is 1.73. The van der Waals surface area contributed by atoms with Gasteiger partial charge in [0.2, 0.25) is 0 Å². The lowest BCUT2D eigenvalue weighted by atomic mass is 9.81. The van der Waals surface area contributed by atoms with Gasteiger partial charge >= 0.3 is 5.97 Å². The van der Waals surface area contributed by atoms with Crippen LogP contribution < -0.4 is 5.73 Å². The molecule has 0 aromatic carbocycles. The maximum Gasteiger partial charge on any atom is 0.306 e. The SMILES string of the molecule is NCC1CCCC(C(=O)O)C1. The molecule has 3 heteroatoms. The number of rotatable bonds is 2. The second-order valence-electron chi connectivity index (χ2n) is 3.30. The van der Waals surface area contributed by atoms with Crippen molar-refractivity contribution in [2.24, 2.45) is 17.6 Å². The van der Waals surface area contributed by atoms with Gasteiger partial charge in [0.25, 0.3) is 0 Å². The highest BCUT2D eigenvalue weighted by atomic mass is 16.4. The largest absolute Gasteiger partial charge is 0.481 e. The van der Waals surface area contributed by atoms with Gasteiger partial charge in [-0.15, -0.1) is 0 Å². The Labute approximate surface area is 66.6 Å². The second kappa shape index (κ2) is 3.72. The fourth-order valence-electron chi connectivity index (χ4n) is 1.73. The molecule has 0 aromatic heterocycles. The predicted octanol–water partition coefficient (Wildman–Crippen LogP) is 0.836. The van der Waals surface area contributed by atoms with Crippen molar-refractivity contribution in [2.75, 3.05) is 6.54 Å². The van der Waals surface area contributed by atoms with Gasteiger partial charge in [-0.1, -0.05) is 6.42 Å². The number of carboxylic acids is 1. The summed E-state index contributed by atoms with van der Waals surface area (Å²) in [5.41, 5.74) is 5.47. The lowest BCUT2D eigenvalue weighted by Crippen LogP contribution is -2.26. The van der Waals surface area contributed by atoms with Crippen LogP contribution in [-0.4, -0.2) is 17.6 Å². The van der Waals surface area contributed by atoms with Crippen LogP contribution in [0.2, 0.25) is 0 Å². The van der Waals surface area contributed by atoms with E-state index >= 15 is 0 Å². The zero-order valence-corrected chi connectivity index (χ0v) is 6.62. The van der Waals surface area contributed by atoms with Crippen LogP contribution in [0.4, 0.5) is 0 Å². The van der Waals surface area contributed by atoms with Crippen LogP contribution in [0.1, 0.15) is 25.7 Å². The van der Waals surface area contributed by atoms with Crippen molar-refractivity contribution in [3.8, 4) is 0 Å². The Bertz CT molecular complexity index is 147. The van der Waals surface area contributed by atoms with Gasteiger partial charge in [0.05, 0.1) is 5.92 Å². The van der Waals surface area contributed by atoms with Crippen LogP contribution in [0.3, 0.4) is 0 Å². The second-order valence-corrected chi connectivity index (χ2v) is 3.30. The van der Waals surface area contributed by atoms with Crippen LogP contribution in [0.5, 0.6) is 0 Å². The Hall–Kier alpha value is -0.570. The Morgan fingerprint density at radius 2 is 2.27 bits per heavy atom. The summed E-state index contributed by atoms with van der Waals surface area (Å²) in [6.45, 7) is 0.643. The fraction of sp³-hybridized carbons (Fsp3) is 0.875. The summed E-state index contributed by atoms with van der Waals surface area (Å²) in [6, 6.07) is 0. The molecule has 1 saturated carbocycles. The number of nitrogens with two attached hydrogens (primary N) is 1. The first-order valence-electron chi connectivity index (χ1n) is 4.17. The average Bonchev–Trinajstić information content (AvgIpc) is 2.05. The van der Waals surface area contributed by atoms with Gasteiger partial charge in [-0.05, 0) is 31.7 Å². The van der Waals surface area contributed by atoms with Gasteiger partial charge < -0.3 is 10.8 Å². The topological polar surface area (TPSA) is 63.3 Å². The lowest BCUT2D eigenvalue weighted by Gasteiger charge is -2.25. The van der Waals surface area contributed by atoms with Gasteiger partial charge in [0.15, 0.2) is 0 Å².